The number of carbonyl (C=O) groups is 2. The monoisotopic (exact) mass is 219 g/mol. The molecular weight excluding hydrogens is 206 g/mol. The van der Waals surface area contributed by atoms with Crippen LogP contribution in [0.4, 0.5) is 0 Å². The highest BCUT2D eigenvalue weighted by Crippen LogP contribution is 2.19. The Kier molecular flexibility index (Phi) is 2.90. The summed E-state index contributed by atoms with van der Waals surface area (Å²) in [5, 5.41) is 2.31. The summed E-state index contributed by atoms with van der Waals surface area (Å²) < 4.78 is 5.04. The van der Waals surface area contributed by atoms with Gasteiger partial charge in [-0.05, 0) is 24.1 Å². The van der Waals surface area contributed by atoms with Crippen LogP contribution in [0.1, 0.15) is 12.0 Å². The molecule has 1 heterocycles. The van der Waals surface area contributed by atoms with Crippen molar-refractivity contribution in [3.05, 3.63) is 29.8 Å². The Bertz CT molecular complexity index is 411. The Morgan fingerprint density at radius 3 is 2.50 bits per heavy atom. The maximum absolute atomic E-state index is 11.4. The lowest BCUT2D eigenvalue weighted by Gasteiger charge is -2.06. The van der Waals surface area contributed by atoms with E-state index in [4.69, 9.17) is 4.74 Å². The van der Waals surface area contributed by atoms with Crippen LogP contribution in [0, 0.1) is 5.92 Å². The number of hydrogen-bond acceptors (Lipinski definition) is 3. The predicted octanol–water partition coefficient (Wildman–Crippen LogP) is 0.900. The Morgan fingerprint density at radius 2 is 2.00 bits per heavy atom. The number of amides is 2. The standard InChI is InChI=1S/C12H13NO3/c1-16-10-4-2-8(3-5-10)6-9-7-11(14)13-12(9)15/h2-5,9H,6-7H2,1H3,(H,13,14,15). The second kappa shape index (κ2) is 4.35. The summed E-state index contributed by atoms with van der Waals surface area (Å²) in [6.07, 6.45) is 0.895. The zero-order chi connectivity index (χ0) is 11.5. The summed E-state index contributed by atoms with van der Waals surface area (Å²) in [4.78, 5) is 22.4. The summed E-state index contributed by atoms with van der Waals surface area (Å²) in [6, 6.07) is 7.53. The second-order valence-corrected chi connectivity index (χ2v) is 3.87. The first kappa shape index (κ1) is 10.7. The number of rotatable bonds is 3. The molecular formula is C12H13NO3. The van der Waals surface area contributed by atoms with Crippen molar-refractivity contribution in [1.82, 2.24) is 5.32 Å². The van der Waals surface area contributed by atoms with E-state index in [0.717, 1.165) is 11.3 Å². The zero-order valence-corrected chi connectivity index (χ0v) is 9.03. The predicted molar refractivity (Wildman–Crippen MR) is 58.0 cm³/mol. The summed E-state index contributed by atoms with van der Waals surface area (Å²) >= 11 is 0. The molecule has 4 nitrogen and oxygen atoms in total. The molecule has 1 aliphatic heterocycles. The molecule has 1 fully saturated rings. The normalized spacial score (nSPS) is 19.7. The molecule has 2 rings (SSSR count). The van der Waals surface area contributed by atoms with Crippen molar-refractivity contribution < 1.29 is 14.3 Å². The first-order chi connectivity index (χ1) is 7.69. The summed E-state index contributed by atoms with van der Waals surface area (Å²) in [5.41, 5.74) is 1.04. The number of ether oxygens (including phenoxy) is 1. The third-order valence-electron chi connectivity index (χ3n) is 2.71. The van der Waals surface area contributed by atoms with Gasteiger partial charge in [0.2, 0.25) is 11.8 Å². The quantitative estimate of drug-likeness (QED) is 0.768. The van der Waals surface area contributed by atoms with Gasteiger partial charge < -0.3 is 4.74 Å². The number of benzene rings is 1. The van der Waals surface area contributed by atoms with Gasteiger partial charge in [0.05, 0.1) is 13.0 Å². The van der Waals surface area contributed by atoms with Crippen LogP contribution < -0.4 is 10.1 Å². The molecule has 0 saturated carbocycles. The minimum atomic E-state index is -0.221. The smallest absolute Gasteiger partial charge is 0.230 e. The molecule has 16 heavy (non-hydrogen) atoms. The molecule has 0 bridgehead atoms. The average Bonchev–Trinajstić information content (AvgIpc) is 2.59. The van der Waals surface area contributed by atoms with Crippen molar-refractivity contribution in [1.29, 1.82) is 0 Å². The molecule has 1 atom stereocenters. The van der Waals surface area contributed by atoms with Crippen LogP contribution in [-0.4, -0.2) is 18.9 Å². The number of hydrogen-bond donors (Lipinski definition) is 1. The van der Waals surface area contributed by atoms with Crippen LogP contribution in [0.3, 0.4) is 0 Å². The highest BCUT2D eigenvalue weighted by Gasteiger charge is 2.30. The van der Waals surface area contributed by atoms with Gasteiger partial charge in [-0.1, -0.05) is 12.1 Å². The molecule has 1 aromatic rings. The lowest BCUT2D eigenvalue weighted by atomic mass is 9.98. The zero-order valence-electron chi connectivity index (χ0n) is 9.03. The second-order valence-electron chi connectivity index (χ2n) is 3.87. The molecule has 1 N–H and O–H groups in total. The Morgan fingerprint density at radius 1 is 1.31 bits per heavy atom. The van der Waals surface area contributed by atoms with Crippen molar-refractivity contribution in [3.8, 4) is 5.75 Å². The molecule has 0 aromatic heterocycles. The first-order valence-electron chi connectivity index (χ1n) is 5.15. The molecule has 2 amide bonds. The van der Waals surface area contributed by atoms with E-state index in [0.29, 0.717) is 12.8 Å². The van der Waals surface area contributed by atoms with Crippen molar-refractivity contribution in [2.75, 3.05) is 7.11 Å². The van der Waals surface area contributed by atoms with Crippen LogP contribution in [0.25, 0.3) is 0 Å². The van der Waals surface area contributed by atoms with E-state index in [-0.39, 0.29) is 17.7 Å². The maximum atomic E-state index is 11.4. The van der Waals surface area contributed by atoms with Crippen molar-refractivity contribution >= 4 is 11.8 Å². The van der Waals surface area contributed by atoms with Crippen LogP contribution in [-0.2, 0) is 16.0 Å². The summed E-state index contributed by atoms with van der Waals surface area (Å²) in [6.45, 7) is 0. The number of imide groups is 1. The molecule has 0 aliphatic carbocycles. The van der Waals surface area contributed by atoms with E-state index in [9.17, 15) is 9.59 Å². The van der Waals surface area contributed by atoms with Gasteiger partial charge in [0, 0.05) is 6.42 Å². The van der Waals surface area contributed by atoms with Crippen LogP contribution in [0.5, 0.6) is 5.75 Å². The molecule has 0 spiro atoms. The first-order valence-corrected chi connectivity index (χ1v) is 5.15. The van der Waals surface area contributed by atoms with Gasteiger partial charge >= 0.3 is 0 Å². The van der Waals surface area contributed by atoms with Gasteiger partial charge in [-0.25, -0.2) is 0 Å². The molecule has 0 radical (unpaired) electrons. The lowest BCUT2D eigenvalue weighted by Crippen LogP contribution is -2.22. The van der Waals surface area contributed by atoms with Gasteiger partial charge in [0.15, 0.2) is 0 Å². The topological polar surface area (TPSA) is 55.4 Å². The molecule has 1 unspecified atom stereocenters. The lowest BCUT2D eigenvalue weighted by molar-refractivity contribution is -0.125. The number of methoxy groups -OCH3 is 1. The maximum Gasteiger partial charge on any atom is 0.230 e. The molecule has 4 heteroatoms. The van der Waals surface area contributed by atoms with E-state index >= 15 is 0 Å². The van der Waals surface area contributed by atoms with E-state index in [2.05, 4.69) is 5.32 Å². The van der Waals surface area contributed by atoms with Crippen molar-refractivity contribution in [2.24, 2.45) is 5.92 Å². The Labute approximate surface area is 93.6 Å². The van der Waals surface area contributed by atoms with Gasteiger partial charge in [0.25, 0.3) is 0 Å². The minimum Gasteiger partial charge on any atom is -0.497 e. The van der Waals surface area contributed by atoms with Gasteiger partial charge in [0.1, 0.15) is 5.75 Å². The van der Waals surface area contributed by atoms with Crippen molar-refractivity contribution in [3.63, 3.8) is 0 Å². The fraction of sp³-hybridized carbons (Fsp3) is 0.333. The van der Waals surface area contributed by atoms with Gasteiger partial charge in [-0.2, -0.15) is 0 Å². The SMILES string of the molecule is COc1ccc(CC2CC(=O)NC2=O)cc1. The number of carbonyl (C=O) groups excluding carboxylic acids is 2. The minimum absolute atomic E-state index is 0.166. The van der Waals surface area contributed by atoms with Crippen molar-refractivity contribution in [2.45, 2.75) is 12.8 Å². The largest absolute Gasteiger partial charge is 0.497 e. The molecule has 1 saturated heterocycles. The Balaban J connectivity index is 2.03. The highest BCUT2D eigenvalue weighted by atomic mass is 16.5. The number of nitrogens with one attached hydrogen (secondary N) is 1. The fourth-order valence-corrected chi connectivity index (χ4v) is 1.82. The Hall–Kier alpha value is -1.84. The highest BCUT2D eigenvalue weighted by molar-refractivity contribution is 6.03. The molecule has 84 valence electrons. The van der Waals surface area contributed by atoms with Gasteiger partial charge in [-0.3, -0.25) is 14.9 Å². The van der Waals surface area contributed by atoms with Crippen LogP contribution in [0.2, 0.25) is 0 Å². The van der Waals surface area contributed by atoms with Crippen LogP contribution in [0.15, 0.2) is 24.3 Å². The summed E-state index contributed by atoms with van der Waals surface area (Å²) in [7, 11) is 1.61. The third kappa shape index (κ3) is 2.21. The third-order valence-corrected chi connectivity index (χ3v) is 2.71. The van der Waals surface area contributed by atoms with Gasteiger partial charge in [-0.15, -0.1) is 0 Å². The van der Waals surface area contributed by atoms with Crippen LogP contribution >= 0.6 is 0 Å². The summed E-state index contributed by atoms with van der Waals surface area (Å²) in [5.74, 6) is 0.223. The molecule has 1 aliphatic rings. The van der Waals surface area contributed by atoms with E-state index in [1.54, 1.807) is 7.11 Å². The van der Waals surface area contributed by atoms with E-state index < -0.39 is 0 Å². The van der Waals surface area contributed by atoms with E-state index in [1.807, 2.05) is 24.3 Å². The molecule has 1 aromatic carbocycles. The average molecular weight is 219 g/mol. The fourth-order valence-electron chi connectivity index (χ4n) is 1.82. The van der Waals surface area contributed by atoms with E-state index in [1.165, 1.54) is 0 Å².